The number of nitrogens with zero attached hydrogens (tertiary/aromatic N) is 3. The highest BCUT2D eigenvalue weighted by atomic mass is 16.4. The van der Waals surface area contributed by atoms with Crippen LogP contribution in [0.2, 0.25) is 0 Å². The van der Waals surface area contributed by atoms with Crippen molar-refractivity contribution >= 4 is 17.7 Å². The van der Waals surface area contributed by atoms with Gasteiger partial charge < -0.3 is 20.8 Å². The maximum atomic E-state index is 11.0. The SMILES string of the molecule is CC1(C)[C@@H](O)C[C@H]1Nc1nc(NCCc2cccc(C(=O)O)c2)ncc1C#N. The van der Waals surface area contributed by atoms with E-state index in [2.05, 4.69) is 26.7 Å². The van der Waals surface area contributed by atoms with E-state index in [4.69, 9.17) is 5.11 Å². The van der Waals surface area contributed by atoms with Crippen molar-refractivity contribution in [3.63, 3.8) is 0 Å². The molecule has 1 aliphatic rings. The molecule has 8 heteroatoms. The number of carbonyl (C=O) groups is 1. The number of nitriles is 1. The second-order valence-corrected chi connectivity index (χ2v) is 7.52. The largest absolute Gasteiger partial charge is 0.478 e. The second-order valence-electron chi connectivity index (χ2n) is 7.52. The first-order valence-electron chi connectivity index (χ1n) is 9.09. The van der Waals surface area contributed by atoms with E-state index in [0.717, 1.165) is 5.56 Å². The van der Waals surface area contributed by atoms with Gasteiger partial charge in [-0.1, -0.05) is 26.0 Å². The summed E-state index contributed by atoms with van der Waals surface area (Å²) in [6, 6.07) is 8.88. The average molecular weight is 381 g/mol. The van der Waals surface area contributed by atoms with Crippen LogP contribution in [0.15, 0.2) is 30.5 Å². The lowest BCUT2D eigenvalue weighted by Gasteiger charge is -2.49. The lowest BCUT2D eigenvalue weighted by molar-refractivity contribution is -0.0511. The number of benzene rings is 1. The Labute approximate surface area is 163 Å². The van der Waals surface area contributed by atoms with Crippen molar-refractivity contribution in [2.75, 3.05) is 17.2 Å². The van der Waals surface area contributed by atoms with Gasteiger partial charge in [0.15, 0.2) is 0 Å². The standard InChI is InChI=1S/C20H23N5O3/c1-20(2)15(9-16(20)26)24-17-14(10-21)11-23-19(25-17)22-7-6-12-4-3-5-13(8-12)18(27)28/h3-5,8,11,15-16,26H,6-7,9H2,1-2H3,(H,27,28)(H2,22,23,24,25)/t15-,16+/m1/s1. The fourth-order valence-electron chi connectivity index (χ4n) is 3.15. The molecule has 1 aromatic heterocycles. The summed E-state index contributed by atoms with van der Waals surface area (Å²) >= 11 is 0. The Morgan fingerprint density at radius 1 is 1.43 bits per heavy atom. The normalized spacial score (nSPS) is 19.9. The highest BCUT2D eigenvalue weighted by molar-refractivity contribution is 5.87. The molecule has 1 heterocycles. The Kier molecular flexibility index (Phi) is 5.47. The van der Waals surface area contributed by atoms with Crippen LogP contribution >= 0.6 is 0 Å². The highest BCUT2D eigenvalue weighted by Crippen LogP contribution is 2.42. The van der Waals surface area contributed by atoms with Crippen molar-refractivity contribution in [3.05, 3.63) is 47.2 Å². The molecule has 28 heavy (non-hydrogen) atoms. The van der Waals surface area contributed by atoms with E-state index in [0.29, 0.717) is 36.7 Å². The summed E-state index contributed by atoms with van der Waals surface area (Å²) < 4.78 is 0. The van der Waals surface area contributed by atoms with Crippen LogP contribution in [0.4, 0.5) is 11.8 Å². The lowest BCUT2D eigenvalue weighted by atomic mass is 9.64. The Morgan fingerprint density at radius 2 is 2.21 bits per heavy atom. The minimum Gasteiger partial charge on any atom is -0.478 e. The molecule has 0 spiro atoms. The topological polar surface area (TPSA) is 131 Å². The van der Waals surface area contributed by atoms with Gasteiger partial charge in [0.05, 0.1) is 17.9 Å². The minimum absolute atomic E-state index is 0.0242. The van der Waals surface area contributed by atoms with Gasteiger partial charge in [0, 0.05) is 18.0 Å². The zero-order valence-corrected chi connectivity index (χ0v) is 15.8. The number of hydrogen-bond donors (Lipinski definition) is 4. The summed E-state index contributed by atoms with van der Waals surface area (Å²) in [6.07, 6.45) is 2.29. The zero-order valence-electron chi connectivity index (χ0n) is 15.8. The average Bonchev–Trinajstić information content (AvgIpc) is 2.68. The van der Waals surface area contributed by atoms with Crippen molar-refractivity contribution < 1.29 is 15.0 Å². The van der Waals surface area contributed by atoms with Crippen LogP contribution < -0.4 is 10.6 Å². The lowest BCUT2D eigenvalue weighted by Crippen LogP contribution is -2.57. The number of rotatable bonds is 7. The Balaban J connectivity index is 1.64. The fourth-order valence-corrected chi connectivity index (χ4v) is 3.15. The molecule has 8 nitrogen and oxygen atoms in total. The monoisotopic (exact) mass is 381 g/mol. The van der Waals surface area contributed by atoms with Gasteiger partial charge in [-0.25, -0.2) is 9.78 Å². The van der Waals surface area contributed by atoms with Crippen LogP contribution in [0, 0.1) is 16.7 Å². The molecule has 1 aliphatic carbocycles. The van der Waals surface area contributed by atoms with Crippen LogP contribution in [0.1, 0.15) is 41.8 Å². The number of aromatic nitrogens is 2. The third kappa shape index (κ3) is 4.05. The first-order chi connectivity index (χ1) is 13.3. The van der Waals surface area contributed by atoms with Crippen LogP contribution in [0.25, 0.3) is 0 Å². The number of carboxylic acids is 1. The van der Waals surface area contributed by atoms with Crippen LogP contribution in [0.5, 0.6) is 0 Å². The van der Waals surface area contributed by atoms with Gasteiger partial charge >= 0.3 is 5.97 Å². The summed E-state index contributed by atoms with van der Waals surface area (Å²) in [5.41, 5.74) is 1.20. The number of aliphatic hydroxyl groups is 1. The number of aromatic carboxylic acids is 1. The van der Waals surface area contributed by atoms with Gasteiger partial charge in [-0.05, 0) is 30.5 Å². The molecule has 2 atom stereocenters. The van der Waals surface area contributed by atoms with Gasteiger partial charge in [0.2, 0.25) is 5.95 Å². The fraction of sp³-hybridized carbons (Fsp3) is 0.400. The molecule has 0 saturated heterocycles. The predicted octanol–water partition coefficient (Wildman–Crippen LogP) is 2.27. The van der Waals surface area contributed by atoms with Gasteiger partial charge in [-0.15, -0.1) is 0 Å². The molecule has 0 unspecified atom stereocenters. The smallest absolute Gasteiger partial charge is 0.335 e. The van der Waals surface area contributed by atoms with Crippen LogP contribution in [-0.4, -0.2) is 44.8 Å². The van der Waals surface area contributed by atoms with E-state index in [1.165, 1.54) is 6.20 Å². The molecule has 1 aromatic carbocycles. The van der Waals surface area contributed by atoms with E-state index in [9.17, 15) is 15.2 Å². The maximum absolute atomic E-state index is 11.0. The van der Waals surface area contributed by atoms with Crippen LogP contribution in [-0.2, 0) is 6.42 Å². The predicted molar refractivity (Wildman–Crippen MR) is 104 cm³/mol. The first kappa shape index (κ1) is 19.6. The maximum Gasteiger partial charge on any atom is 0.335 e. The molecule has 146 valence electrons. The summed E-state index contributed by atoms with van der Waals surface area (Å²) in [6.45, 7) is 4.45. The first-order valence-corrected chi connectivity index (χ1v) is 9.09. The van der Waals surface area contributed by atoms with Crippen molar-refractivity contribution in [3.8, 4) is 6.07 Å². The molecule has 0 bridgehead atoms. The molecule has 2 aromatic rings. The number of carboxylic acid groups (broad SMARTS) is 1. The van der Waals surface area contributed by atoms with Crippen molar-refractivity contribution in [1.29, 1.82) is 5.26 Å². The van der Waals surface area contributed by atoms with E-state index in [1.807, 2.05) is 19.9 Å². The van der Waals surface area contributed by atoms with Gasteiger partial charge in [-0.2, -0.15) is 10.2 Å². The zero-order chi connectivity index (χ0) is 20.3. The Morgan fingerprint density at radius 3 is 2.86 bits per heavy atom. The molecular formula is C20H23N5O3. The summed E-state index contributed by atoms with van der Waals surface area (Å²) in [5.74, 6) is -0.128. The summed E-state index contributed by atoms with van der Waals surface area (Å²) in [7, 11) is 0. The highest BCUT2D eigenvalue weighted by Gasteiger charge is 2.47. The van der Waals surface area contributed by atoms with Crippen LogP contribution in [0.3, 0.4) is 0 Å². The Bertz CT molecular complexity index is 922. The molecule has 0 amide bonds. The number of nitrogens with one attached hydrogen (secondary N) is 2. The molecule has 4 N–H and O–H groups in total. The second kappa shape index (κ2) is 7.82. The number of anilines is 2. The van der Waals surface area contributed by atoms with Gasteiger partial charge in [-0.3, -0.25) is 0 Å². The molecule has 0 aliphatic heterocycles. The molecular weight excluding hydrogens is 358 g/mol. The minimum atomic E-state index is -0.954. The van der Waals surface area contributed by atoms with E-state index < -0.39 is 5.97 Å². The molecule has 0 radical (unpaired) electrons. The number of hydrogen-bond acceptors (Lipinski definition) is 7. The molecule has 1 fully saturated rings. The Hall–Kier alpha value is -3.18. The van der Waals surface area contributed by atoms with Gasteiger partial charge in [0.25, 0.3) is 0 Å². The van der Waals surface area contributed by atoms with Gasteiger partial charge in [0.1, 0.15) is 17.5 Å². The summed E-state index contributed by atoms with van der Waals surface area (Å²) in [5, 5.41) is 34.6. The summed E-state index contributed by atoms with van der Waals surface area (Å²) in [4.78, 5) is 19.6. The van der Waals surface area contributed by atoms with E-state index in [-0.39, 0.29) is 23.1 Å². The molecule has 3 rings (SSSR count). The van der Waals surface area contributed by atoms with E-state index >= 15 is 0 Å². The number of aliphatic hydroxyl groups excluding tert-OH is 1. The van der Waals surface area contributed by atoms with Crippen molar-refractivity contribution in [2.45, 2.75) is 38.8 Å². The molecule has 1 saturated carbocycles. The van der Waals surface area contributed by atoms with Crippen molar-refractivity contribution in [1.82, 2.24) is 9.97 Å². The van der Waals surface area contributed by atoms with Crippen molar-refractivity contribution in [2.24, 2.45) is 5.41 Å². The third-order valence-corrected chi connectivity index (χ3v) is 5.31. The van der Waals surface area contributed by atoms with E-state index in [1.54, 1.807) is 18.2 Å². The third-order valence-electron chi connectivity index (χ3n) is 5.31. The quantitative estimate of drug-likeness (QED) is 0.574.